The van der Waals surface area contributed by atoms with Gasteiger partial charge in [-0.25, -0.2) is 9.97 Å². The van der Waals surface area contributed by atoms with Crippen LogP contribution in [0.25, 0.3) is 11.0 Å². The molecule has 1 unspecified atom stereocenters. The third kappa shape index (κ3) is 3.15. The molecular weight excluding hydrogens is 332 g/mol. The van der Waals surface area contributed by atoms with E-state index in [0.29, 0.717) is 25.1 Å². The summed E-state index contributed by atoms with van der Waals surface area (Å²) in [6.45, 7) is 1.93. The van der Waals surface area contributed by atoms with Gasteiger partial charge in [-0.3, -0.25) is 4.79 Å². The first-order chi connectivity index (χ1) is 12.6. The van der Waals surface area contributed by atoms with E-state index in [0.717, 1.165) is 35.6 Å². The van der Waals surface area contributed by atoms with Gasteiger partial charge in [-0.05, 0) is 24.6 Å². The number of nitrogens with one attached hydrogen (secondary N) is 2. The molecule has 26 heavy (non-hydrogen) atoms. The summed E-state index contributed by atoms with van der Waals surface area (Å²) in [5.74, 6) is 0.712. The molecule has 3 aromatic rings. The zero-order valence-corrected chi connectivity index (χ0v) is 14.6. The maximum Gasteiger partial charge on any atom is 0.251 e. The standard InChI is InChI=1S/C18H22N6O2/c1-23-16-3-2-12(17(26)20-6-4-13-9-19-11-21-13)8-15(16)22-18(23)24-7-5-14(25)10-24/h2-3,8-9,11,14,25H,4-7,10H2,1H3,(H,19,21)(H,20,26). The van der Waals surface area contributed by atoms with Crippen LogP contribution in [0, 0.1) is 0 Å². The summed E-state index contributed by atoms with van der Waals surface area (Å²) in [7, 11) is 1.96. The fourth-order valence-electron chi connectivity index (χ4n) is 3.37. The maximum absolute atomic E-state index is 12.4. The number of imidazole rings is 2. The number of aromatic amines is 1. The Morgan fingerprint density at radius 3 is 3.08 bits per heavy atom. The van der Waals surface area contributed by atoms with Crippen molar-refractivity contribution in [3.8, 4) is 0 Å². The van der Waals surface area contributed by atoms with E-state index in [-0.39, 0.29) is 12.0 Å². The summed E-state index contributed by atoms with van der Waals surface area (Å²) in [4.78, 5) is 26.1. The van der Waals surface area contributed by atoms with Crippen molar-refractivity contribution in [3.05, 3.63) is 42.0 Å². The molecule has 1 amide bonds. The molecule has 0 bridgehead atoms. The number of aliphatic hydroxyl groups is 1. The van der Waals surface area contributed by atoms with E-state index in [9.17, 15) is 9.90 Å². The molecule has 0 spiro atoms. The summed E-state index contributed by atoms with van der Waals surface area (Å²) in [5, 5.41) is 12.7. The average molecular weight is 354 g/mol. The number of carbonyl (C=O) groups is 1. The van der Waals surface area contributed by atoms with E-state index in [2.05, 4.69) is 25.2 Å². The van der Waals surface area contributed by atoms with E-state index in [1.54, 1.807) is 12.5 Å². The van der Waals surface area contributed by atoms with E-state index < -0.39 is 0 Å². The summed E-state index contributed by atoms with van der Waals surface area (Å²) < 4.78 is 2.01. The number of fused-ring (bicyclic) bond motifs is 1. The van der Waals surface area contributed by atoms with Crippen molar-refractivity contribution >= 4 is 22.9 Å². The van der Waals surface area contributed by atoms with Gasteiger partial charge in [0.1, 0.15) is 0 Å². The van der Waals surface area contributed by atoms with Crippen LogP contribution in [0.15, 0.2) is 30.7 Å². The largest absolute Gasteiger partial charge is 0.391 e. The molecule has 1 aliphatic heterocycles. The van der Waals surface area contributed by atoms with Crippen molar-refractivity contribution < 1.29 is 9.90 Å². The van der Waals surface area contributed by atoms with Crippen LogP contribution in [-0.2, 0) is 13.5 Å². The number of H-pyrrole nitrogens is 1. The summed E-state index contributed by atoms with van der Waals surface area (Å²) in [6, 6.07) is 5.55. The number of hydrogen-bond donors (Lipinski definition) is 3. The number of aryl methyl sites for hydroxylation is 1. The van der Waals surface area contributed by atoms with Crippen molar-refractivity contribution in [3.63, 3.8) is 0 Å². The molecule has 3 heterocycles. The highest BCUT2D eigenvalue weighted by atomic mass is 16.3. The first kappa shape index (κ1) is 16.6. The van der Waals surface area contributed by atoms with Gasteiger partial charge in [0.2, 0.25) is 5.95 Å². The molecule has 2 aromatic heterocycles. The third-order valence-electron chi connectivity index (χ3n) is 4.80. The predicted octanol–water partition coefficient (Wildman–Crippen LogP) is 0.840. The van der Waals surface area contributed by atoms with Crippen LogP contribution in [0.1, 0.15) is 22.5 Å². The van der Waals surface area contributed by atoms with Crippen molar-refractivity contribution in [1.82, 2.24) is 24.8 Å². The van der Waals surface area contributed by atoms with Gasteiger partial charge in [0.05, 0.1) is 23.5 Å². The number of nitrogens with zero attached hydrogens (tertiary/aromatic N) is 4. The molecule has 1 aromatic carbocycles. The van der Waals surface area contributed by atoms with Gasteiger partial charge < -0.3 is 24.9 Å². The Kier molecular flexibility index (Phi) is 4.34. The molecule has 8 nitrogen and oxygen atoms in total. The number of anilines is 1. The second-order valence-corrected chi connectivity index (χ2v) is 6.65. The maximum atomic E-state index is 12.4. The fraction of sp³-hybridized carbons (Fsp3) is 0.389. The Hall–Kier alpha value is -2.87. The quantitative estimate of drug-likeness (QED) is 0.631. The summed E-state index contributed by atoms with van der Waals surface area (Å²) in [5.41, 5.74) is 3.33. The van der Waals surface area contributed by atoms with Crippen LogP contribution >= 0.6 is 0 Å². The Morgan fingerprint density at radius 1 is 1.46 bits per heavy atom. The number of rotatable bonds is 5. The predicted molar refractivity (Wildman–Crippen MR) is 98.2 cm³/mol. The SMILES string of the molecule is Cn1c(N2CCC(O)C2)nc2cc(C(=O)NCCc3cnc[nH]3)ccc21. The molecule has 8 heteroatoms. The highest BCUT2D eigenvalue weighted by Gasteiger charge is 2.24. The van der Waals surface area contributed by atoms with E-state index >= 15 is 0 Å². The van der Waals surface area contributed by atoms with Gasteiger partial charge in [0.25, 0.3) is 5.91 Å². The topological polar surface area (TPSA) is 99.1 Å². The number of amides is 1. The minimum absolute atomic E-state index is 0.116. The van der Waals surface area contributed by atoms with E-state index in [1.807, 2.05) is 29.8 Å². The number of hydrogen-bond acceptors (Lipinski definition) is 5. The fourth-order valence-corrected chi connectivity index (χ4v) is 3.37. The molecular formula is C18H22N6O2. The number of aromatic nitrogens is 4. The average Bonchev–Trinajstić information content (AvgIpc) is 3.36. The molecule has 0 saturated carbocycles. The second-order valence-electron chi connectivity index (χ2n) is 6.65. The minimum atomic E-state index is -0.300. The summed E-state index contributed by atoms with van der Waals surface area (Å²) >= 11 is 0. The van der Waals surface area contributed by atoms with Crippen LogP contribution in [-0.4, -0.2) is 56.3 Å². The highest BCUT2D eigenvalue weighted by Crippen LogP contribution is 2.25. The normalized spacial score (nSPS) is 17.2. The molecule has 136 valence electrons. The lowest BCUT2D eigenvalue weighted by atomic mass is 10.2. The number of benzene rings is 1. The number of β-amino-alcohol motifs (C(OH)–C–C–N with tert-alkyl or cyclic N) is 1. The van der Waals surface area contributed by atoms with Gasteiger partial charge in [0.15, 0.2) is 0 Å². The first-order valence-electron chi connectivity index (χ1n) is 8.77. The van der Waals surface area contributed by atoms with Crippen molar-refractivity contribution in [2.75, 3.05) is 24.5 Å². The second kappa shape index (κ2) is 6.80. The van der Waals surface area contributed by atoms with Crippen LogP contribution in [0.4, 0.5) is 5.95 Å². The number of aliphatic hydroxyl groups excluding tert-OH is 1. The van der Waals surface area contributed by atoms with Gasteiger partial charge in [-0.1, -0.05) is 0 Å². The molecule has 0 radical (unpaired) electrons. The lowest BCUT2D eigenvalue weighted by Gasteiger charge is -2.16. The monoisotopic (exact) mass is 354 g/mol. The van der Waals surface area contributed by atoms with Gasteiger partial charge >= 0.3 is 0 Å². The lowest BCUT2D eigenvalue weighted by molar-refractivity contribution is 0.0954. The van der Waals surface area contributed by atoms with Crippen LogP contribution in [0.3, 0.4) is 0 Å². The zero-order valence-electron chi connectivity index (χ0n) is 14.6. The Bertz CT molecular complexity index is 917. The molecule has 3 N–H and O–H groups in total. The van der Waals surface area contributed by atoms with Crippen LogP contribution in [0.2, 0.25) is 0 Å². The molecule has 1 saturated heterocycles. The smallest absolute Gasteiger partial charge is 0.251 e. The van der Waals surface area contributed by atoms with Gasteiger partial charge in [0, 0.05) is 50.6 Å². The van der Waals surface area contributed by atoms with Gasteiger partial charge in [-0.2, -0.15) is 0 Å². The summed E-state index contributed by atoms with van der Waals surface area (Å²) in [6.07, 6.45) is 4.55. The number of carbonyl (C=O) groups excluding carboxylic acids is 1. The Morgan fingerprint density at radius 2 is 2.35 bits per heavy atom. The molecule has 1 fully saturated rings. The van der Waals surface area contributed by atoms with E-state index in [1.165, 1.54) is 0 Å². The highest BCUT2D eigenvalue weighted by molar-refractivity contribution is 5.97. The van der Waals surface area contributed by atoms with Crippen LogP contribution < -0.4 is 10.2 Å². The molecule has 4 rings (SSSR count). The Labute approximate surface area is 150 Å². The molecule has 1 aliphatic rings. The van der Waals surface area contributed by atoms with E-state index in [4.69, 9.17) is 0 Å². The third-order valence-corrected chi connectivity index (χ3v) is 4.80. The van der Waals surface area contributed by atoms with Crippen LogP contribution in [0.5, 0.6) is 0 Å². The van der Waals surface area contributed by atoms with Crippen molar-refractivity contribution in [2.24, 2.45) is 7.05 Å². The molecule has 0 aliphatic carbocycles. The first-order valence-corrected chi connectivity index (χ1v) is 8.77. The molecule has 1 atom stereocenters. The lowest BCUT2D eigenvalue weighted by Crippen LogP contribution is -2.25. The van der Waals surface area contributed by atoms with Crippen molar-refractivity contribution in [1.29, 1.82) is 0 Å². The van der Waals surface area contributed by atoms with Gasteiger partial charge in [-0.15, -0.1) is 0 Å². The minimum Gasteiger partial charge on any atom is -0.391 e. The van der Waals surface area contributed by atoms with Crippen molar-refractivity contribution in [2.45, 2.75) is 18.9 Å². The zero-order chi connectivity index (χ0) is 18.1. The Balaban J connectivity index is 1.49.